The maximum absolute atomic E-state index is 12.5. The van der Waals surface area contributed by atoms with Gasteiger partial charge in [0.1, 0.15) is 0 Å². The molecule has 3 rings (SSSR count). The van der Waals surface area contributed by atoms with Gasteiger partial charge in [0.05, 0.1) is 17.1 Å². The van der Waals surface area contributed by atoms with Gasteiger partial charge >= 0.3 is 5.97 Å². The minimum atomic E-state index is -0.812. The van der Waals surface area contributed by atoms with Crippen LogP contribution < -0.4 is 5.32 Å². The highest BCUT2D eigenvalue weighted by molar-refractivity contribution is 5.95. The van der Waals surface area contributed by atoms with Crippen molar-refractivity contribution in [3.05, 3.63) is 70.1 Å². The van der Waals surface area contributed by atoms with Gasteiger partial charge < -0.3 is 19.6 Å². The molecule has 0 fully saturated rings. The first-order chi connectivity index (χ1) is 14.0. The summed E-state index contributed by atoms with van der Waals surface area (Å²) < 4.78 is 11.0. The van der Waals surface area contributed by atoms with Crippen LogP contribution in [-0.2, 0) is 4.74 Å². The molecule has 0 aliphatic rings. The maximum Gasteiger partial charge on any atom is 0.341 e. The second kappa shape index (κ2) is 8.93. The fourth-order valence-corrected chi connectivity index (χ4v) is 2.52. The van der Waals surface area contributed by atoms with Gasteiger partial charge in [-0.1, -0.05) is 12.1 Å². The molecule has 0 spiro atoms. The van der Waals surface area contributed by atoms with Crippen molar-refractivity contribution in [2.24, 2.45) is 0 Å². The van der Waals surface area contributed by atoms with E-state index in [1.807, 2.05) is 0 Å². The molecule has 0 aliphatic heterocycles. The molecule has 10 nitrogen and oxygen atoms in total. The molecule has 29 heavy (non-hydrogen) atoms. The zero-order valence-electron chi connectivity index (χ0n) is 15.4. The average molecular weight is 398 g/mol. The zero-order chi connectivity index (χ0) is 20.8. The van der Waals surface area contributed by atoms with E-state index in [9.17, 15) is 14.9 Å². The Kier molecular flexibility index (Phi) is 6.15. The maximum atomic E-state index is 12.5. The van der Waals surface area contributed by atoms with Crippen molar-refractivity contribution < 1.29 is 24.0 Å². The Labute approximate surface area is 165 Å². The summed E-state index contributed by atoms with van der Waals surface area (Å²) in [5, 5.41) is 30.4. The number of hydrogen-bond acceptors (Lipinski definition) is 9. The van der Waals surface area contributed by atoms with Crippen molar-refractivity contribution in [1.82, 2.24) is 10.2 Å². The van der Waals surface area contributed by atoms with Crippen LogP contribution in [0.1, 0.15) is 29.3 Å². The second-order valence-electron chi connectivity index (χ2n) is 5.99. The van der Waals surface area contributed by atoms with Crippen molar-refractivity contribution in [3.63, 3.8) is 0 Å². The number of aliphatic hydroxyl groups is 1. The number of anilines is 1. The molecule has 1 aromatic heterocycles. The summed E-state index contributed by atoms with van der Waals surface area (Å²) in [4.78, 5) is 22.7. The Bertz CT molecular complexity index is 1000. The van der Waals surface area contributed by atoms with Crippen LogP contribution in [-0.4, -0.2) is 39.3 Å². The van der Waals surface area contributed by atoms with E-state index >= 15 is 0 Å². The number of ether oxygens (including phenoxy) is 1. The number of nitro benzene ring substituents is 1. The number of nitrogens with zero attached hydrogens (tertiary/aromatic N) is 3. The Hall–Kier alpha value is -3.79. The quantitative estimate of drug-likeness (QED) is 0.333. The molecule has 0 amide bonds. The van der Waals surface area contributed by atoms with Gasteiger partial charge in [0, 0.05) is 29.9 Å². The van der Waals surface area contributed by atoms with Gasteiger partial charge in [0.25, 0.3) is 11.6 Å². The summed E-state index contributed by atoms with van der Waals surface area (Å²) in [6, 6.07) is 12.4. The van der Waals surface area contributed by atoms with Crippen molar-refractivity contribution in [2.45, 2.75) is 13.0 Å². The van der Waals surface area contributed by atoms with Crippen LogP contribution in [0, 0.1) is 10.1 Å². The number of carbonyl (C=O) groups excluding carboxylic acids is 1. The predicted octanol–water partition coefficient (Wildman–Crippen LogP) is 2.97. The van der Waals surface area contributed by atoms with Gasteiger partial charge in [0.2, 0.25) is 5.89 Å². The van der Waals surface area contributed by atoms with Crippen LogP contribution in [0.5, 0.6) is 0 Å². The number of rotatable bonds is 8. The molecule has 2 N–H and O–H groups in total. The van der Waals surface area contributed by atoms with E-state index in [0.29, 0.717) is 23.4 Å². The second-order valence-corrected chi connectivity index (χ2v) is 5.99. The molecule has 0 unspecified atom stereocenters. The lowest BCUT2D eigenvalue weighted by Crippen LogP contribution is -2.14. The van der Waals surface area contributed by atoms with Gasteiger partial charge in [0.15, 0.2) is 6.10 Å². The number of esters is 1. The smallest absolute Gasteiger partial charge is 0.341 e. The van der Waals surface area contributed by atoms with Gasteiger partial charge in [-0.05, 0) is 31.2 Å². The van der Waals surface area contributed by atoms with E-state index in [1.165, 1.54) is 24.3 Å². The number of benzene rings is 2. The van der Waals surface area contributed by atoms with Crippen molar-refractivity contribution >= 4 is 17.3 Å². The number of aliphatic hydroxyl groups excluding tert-OH is 1. The Morgan fingerprint density at radius 2 is 1.97 bits per heavy atom. The molecule has 2 aromatic carbocycles. The summed E-state index contributed by atoms with van der Waals surface area (Å²) in [6.45, 7) is 1.81. The van der Waals surface area contributed by atoms with Crippen molar-refractivity contribution in [1.29, 1.82) is 0 Å². The highest BCUT2D eigenvalue weighted by atomic mass is 16.6. The summed E-state index contributed by atoms with van der Waals surface area (Å²) in [5.41, 5.74) is 1.30. The minimum absolute atomic E-state index is 0.0516. The standard InChI is InChI=1S/C19H18N4O6/c1-12(28-19(25)15-4-2-3-5-16(15)20-10-11-24)17-21-22-18(29-17)13-6-8-14(9-7-13)23(26)27/h2-9,12,20,24H,10-11H2,1H3/t12-/m0/s1. The van der Waals surface area contributed by atoms with Crippen molar-refractivity contribution in [2.75, 3.05) is 18.5 Å². The Morgan fingerprint density at radius 1 is 1.24 bits per heavy atom. The fraction of sp³-hybridized carbons (Fsp3) is 0.211. The molecular weight excluding hydrogens is 380 g/mol. The predicted molar refractivity (Wildman–Crippen MR) is 102 cm³/mol. The SMILES string of the molecule is C[C@H](OC(=O)c1ccccc1NCCO)c1nnc(-c2ccc([N+](=O)[O-])cc2)o1. The topological polar surface area (TPSA) is 141 Å². The summed E-state index contributed by atoms with van der Waals surface area (Å²) >= 11 is 0. The number of para-hydroxylation sites is 1. The third-order valence-electron chi connectivity index (χ3n) is 3.97. The van der Waals surface area contributed by atoms with Crippen LogP contribution in [0.25, 0.3) is 11.5 Å². The molecular formula is C19H18N4O6. The normalized spacial score (nSPS) is 11.7. The number of nitro groups is 1. The first-order valence-electron chi connectivity index (χ1n) is 8.72. The number of carbonyl (C=O) groups is 1. The minimum Gasteiger partial charge on any atom is -0.449 e. The largest absolute Gasteiger partial charge is 0.449 e. The molecule has 0 bridgehead atoms. The molecule has 3 aromatic rings. The first-order valence-corrected chi connectivity index (χ1v) is 8.72. The third-order valence-corrected chi connectivity index (χ3v) is 3.97. The first kappa shape index (κ1) is 20.0. The van der Waals surface area contributed by atoms with Gasteiger partial charge in [-0.25, -0.2) is 4.79 Å². The van der Waals surface area contributed by atoms with Gasteiger partial charge in [-0.2, -0.15) is 0 Å². The van der Waals surface area contributed by atoms with Gasteiger partial charge in [-0.15, -0.1) is 10.2 Å². The van der Waals surface area contributed by atoms with E-state index in [1.54, 1.807) is 31.2 Å². The lowest BCUT2D eigenvalue weighted by Gasteiger charge is -2.13. The number of aromatic nitrogens is 2. The van der Waals surface area contributed by atoms with Crippen LogP contribution in [0.3, 0.4) is 0 Å². The molecule has 0 radical (unpaired) electrons. The fourth-order valence-electron chi connectivity index (χ4n) is 2.52. The Morgan fingerprint density at radius 3 is 2.66 bits per heavy atom. The van der Waals surface area contributed by atoms with E-state index < -0.39 is 17.0 Å². The van der Waals surface area contributed by atoms with Crippen LogP contribution in [0.2, 0.25) is 0 Å². The average Bonchev–Trinajstić information content (AvgIpc) is 3.23. The molecule has 0 aliphatic carbocycles. The highest BCUT2D eigenvalue weighted by Gasteiger charge is 2.21. The summed E-state index contributed by atoms with van der Waals surface area (Å²) in [5.74, 6) is -0.344. The highest BCUT2D eigenvalue weighted by Crippen LogP contribution is 2.25. The molecule has 10 heteroatoms. The number of hydrogen-bond donors (Lipinski definition) is 2. The van der Waals surface area contributed by atoms with E-state index in [2.05, 4.69) is 15.5 Å². The number of non-ortho nitro benzene ring substituents is 1. The van der Waals surface area contributed by atoms with Crippen LogP contribution in [0.15, 0.2) is 52.9 Å². The van der Waals surface area contributed by atoms with Crippen molar-refractivity contribution in [3.8, 4) is 11.5 Å². The monoisotopic (exact) mass is 398 g/mol. The molecule has 1 heterocycles. The Balaban J connectivity index is 1.71. The molecule has 1 atom stereocenters. The number of nitrogens with one attached hydrogen (secondary N) is 1. The lowest BCUT2D eigenvalue weighted by atomic mass is 10.2. The summed E-state index contributed by atoms with van der Waals surface area (Å²) in [7, 11) is 0. The van der Waals surface area contributed by atoms with E-state index in [0.717, 1.165) is 0 Å². The zero-order valence-corrected chi connectivity index (χ0v) is 15.4. The van der Waals surface area contributed by atoms with Crippen LogP contribution >= 0.6 is 0 Å². The van der Waals surface area contributed by atoms with E-state index in [4.69, 9.17) is 14.3 Å². The molecule has 0 saturated heterocycles. The van der Waals surface area contributed by atoms with E-state index in [-0.39, 0.29) is 24.1 Å². The lowest BCUT2D eigenvalue weighted by molar-refractivity contribution is -0.384. The molecule has 150 valence electrons. The molecule has 0 saturated carbocycles. The van der Waals surface area contributed by atoms with Gasteiger partial charge in [-0.3, -0.25) is 10.1 Å². The van der Waals surface area contributed by atoms with Crippen LogP contribution in [0.4, 0.5) is 11.4 Å². The third kappa shape index (κ3) is 4.74. The summed E-state index contributed by atoms with van der Waals surface area (Å²) in [6.07, 6.45) is -0.812.